The lowest BCUT2D eigenvalue weighted by Crippen LogP contribution is -2.44. The molecular weight excluding hydrogens is 248 g/mol. The van der Waals surface area contributed by atoms with E-state index >= 15 is 0 Å². The summed E-state index contributed by atoms with van der Waals surface area (Å²) in [5, 5.41) is 3.58. The zero-order chi connectivity index (χ0) is 14.4. The van der Waals surface area contributed by atoms with Crippen LogP contribution in [0.3, 0.4) is 0 Å². The summed E-state index contributed by atoms with van der Waals surface area (Å²) in [6.45, 7) is 11.3. The second-order valence-corrected chi connectivity index (χ2v) is 6.30. The SMILES string of the molecule is CCCc1ccc(CNCC(C(C)C)N2CCCC2)o1. The summed E-state index contributed by atoms with van der Waals surface area (Å²) in [6.07, 6.45) is 4.91. The molecule has 20 heavy (non-hydrogen) atoms. The lowest BCUT2D eigenvalue weighted by atomic mass is 10.0. The highest BCUT2D eigenvalue weighted by Crippen LogP contribution is 2.17. The molecule has 0 saturated carbocycles. The third kappa shape index (κ3) is 4.35. The van der Waals surface area contributed by atoms with Gasteiger partial charge in [0.15, 0.2) is 0 Å². The van der Waals surface area contributed by atoms with Crippen LogP contribution in [-0.4, -0.2) is 30.6 Å². The molecule has 0 amide bonds. The largest absolute Gasteiger partial charge is 0.465 e. The number of likely N-dealkylation sites (tertiary alicyclic amines) is 1. The van der Waals surface area contributed by atoms with Crippen LogP contribution in [0.5, 0.6) is 0 Å². The van der Waals surface area contributed by atoms with E-state index in [0.717, 1.165) is 37.5 Å². The topological polar surface area (TPSA) is 28.4 Å². The van der Waals surface area contributed by atoms with E-state index in [1.54, 1.807) is 0 Å². The molecule has 1 N–H and O–H groups in total. The fourth-order valence-electron chi connectivity index (χ4n) is 3.10. The van der Waals surface area contributed by atoms with Crippen LogP contribution in [0.15, 0.2) is 16.5 Å². The fraction of sp³-hybridized carbons (Fsp3) is 0.765. The lowest BCUT2D eigenvalue weighted by Gasteiger charge is -2.31. The van der Waals surface area contributed by atoms with E-state index in [4.69, 9.17) is 4.42 Å². The van der Waals surface area contributed by atoms with E-state index in [1.807, 2.05) is 0 Å². The number of hydrogen-bond donors (Lipinski definition) is 1. The first-order chi connectivity index (χ1) is 9.70. The number of rotatable bonds is 8. The molecule has 0 spiro atoms. The normalized spacial score (nSPS) is 18.0. The molecule has 1 aliphatic heterocycles. The fourth-order valence-corrected chi connectivity index (χ4v) is 3.10. The summed E-state index contributed by atoms with van der Waals surface area (Å²) in [4.78, 5) is 2.64. The summed E-state index contributed by atoms with van der Waals surface area (Å²) in [5.41, 5.74) is 0. The van der Waals surface area contributed by atoms with Crippen LogP contribution in [0.4, 0.5) is 0 Å². The monoisotopic (exact) mass is 278 g/mol. The first-order valence-electron chi connectivity index (χ1n) is 8.23. The van der Waals surface area contributed by atoms with Gasteiger partial charge in [-0.2, -0.15) is 0 Å². The Morgan fingerprint density at radius 2 is 1.90 bits per heavy atom. The van der Waals surface area contributed by atoms with Crippen LogP contribution in [0.1, 0.15) is 51.6 Å². The van der Waals surface area contributed by atoms with Gasteiger partial charge in [-0.05, 0) is 50.4 Å². The second-order valence-electron chi connectivity index (χ2n) is 6.30. The van der Waals surface area contributed by atoms with Crippen molar-refractivity contribution in [3.8, 4) is 0 Å². The summed E-state index contributed by atoms with van der Waals surface area (Å²) in [7, 11) is 0. The first-order valence-corrected chi connectivity index (χ1v) is 8.23. The van der Waals surface area contributed by atoms with Gasteiger partial charge in [0.25, 0.3) is 0 Å². The van der Waals surface area contributed by atoms with Gasteiger partial charge in [-0.3, -0.25) is 4.90 Å². The van der Waals surface area contributed by atoms with Crippen LogP contribution in [0, 0.1) is 5.92 Å². The minimum Gasteiger partial charge on any atom is -0.465 e. The summed E-state index contributed by atoms with van der Waals surface area (Å²) >= 11 is 0. The highest BCUT2D eigenvalue weighted by Gasteiger charge is 2.24. The molecular formula is C17H30N2O. The van der Waals surface area contributed by atoms with Crippen molar-refractivity contribution in [2.75, 3.05) is 19.6 Å². The Morgan fingerprint density at radius 3 is 2.55 bits per heavy atom. The minimum atomic E-state index is 0.655. The maximum Gasteiger partial charge on any atom is 0.117 e. The molecule has 114 valence electrons. The van der Waals surface area contributed by atoms with E-state index < -0.39 is 0 Å². The van der Waals surface area contributed by atoms with Crippen molar-refractivity contribution in [3.63, 3.8) is 0 Å². The quantitative estimate of drug-likeness (QED) is 0.789. The molecule has 0 radical (unpaired) electrons. The van der Waals surface area contributed by atoms with Gasteiger partial charge in [0.2, 0.25) is 0 Å². The Labute approximate surface area is 123 Å². The minimum absolute atomic E-state index is 0.655. The molecule has 1 atom stereocenters. The van der Waals surface area contributed by atoms with Gasteiger partial charge in [-0.1, -0.05) is 20.8 Å². The molecule has 0 bridgehead atoms. The Bertz CT molecular complexity index is 380. The highest BCUT2D eigenvalue weighted by molar-refractivity contribution is 5.07. The molecule has 1 unspecified atom stereocenters. The number of aryl methyl sites for hydroxylation is 1. The van der Waals surface area contributed by atoms with Crippen molar-refractivity contribution in [3.05, 3.63) is 23.7 Å². The molecule has 1 aliphatic rings. The summed E-state index contributed by atoms with van der Waals surface area (Å²) < 4.78 is 5.82. The van der Waals surface area contributed by atoms with Gasteiger partial charge < -0.3 is 9.73 Å². The second kappa shape index (κ2) is 7.84. The van der Waals surface area contributed by atoms with Crippen molar-refractivity contribution < 1.29 is 4.42 Å². The molecule has 0 aromatic carbocycles. The molecule has 0 aliphatic carbocycles. The Kier molecular flexibility index (Phi) is 6.11. The van der Waals surface area contributed by atoms with Crippen molar-refractivity contribution >= 4 is 0 Å². The Balaban J connectivity index is 1.77. The maximum absolute atomic E-state index is 5.82. The van der Waals surface area contributed by atoms with Gasteiger partial charge >= 0.3 is 0 Å². The number of hydrogen-bond acceptors (Lipinski definition) is 3. The maximum atomic E-state index is 5.82. The van der Waals surface area contributed by atoms with Crippen molar-refractivity contribution in [2.24, 2.45) is 5.92 Å². The van der Waals surface area contributed by atoms with Crippen LogP contribution < -0.4 is 5.32 Å². The van der Waals surface area contributed by atoms with Gasteiger partial charge in [0, 0.05) is 19.0 Å². The van der Waals surface area contributed by atoms with Crippen molar-refractivity contribution in [1.82, 2.24) is 10.2 Å². The predicted molar refractivity (Wildman–Crippen MR) is 83.8 cm³/mol. The number of nitrogens with one attached hydrogen (secondary N) is 1. The van der Waals surface area contributed by atoms with E-state index in [2.05, 4.69) is 43.1 Å². The van der Waals surface area contributed by atoms with Crippen LogP contribution in [0.2, 0.25) is 0 Å². The molecule has 1 saturated heterocycles. The van der Waals surface area contributed by atoms with E-state index in [9.17, 15) is 0 Å². The van der Waals surface area contributed by atoms with Crippen molar-refractivity contribution in [1.29, 1.82) is 0 Å². The summed E-state index contributed by atoms with van der Waals surface area (Å²) in [5.74, 6) is 2.88. The van der Waals surface area contributed by atoms with Gasteiger partial charge in [0.1, 0.15) is 11.5 Å². The average Bonchev–Trinajstić information content (AvgIpc) is 3.06. The predicted octanol–water partition coefficient (Wildman–Crippen LogP) is 3.44. The smallest absolute Gasteiger partial charge is 0.117 e. The molecule has 2 rings (SSSR count). The molecule has 3 heteroatoms. The molecule has 2 heterocycles. The van der Waals surface area contributed by atoms with Crippen molar-refractivity contribution in [2.45, 2.75) is 59.0 Å². The number of nitrogens with zero attached hydrogens (tertiary/aromatic N) is 1. The third-order valence-electron chi connectivity index (χ3n) is 4.25. The van der Waals surface area contributed by atoms with Crippen LogP contribution >= 0.6 is 0 Å². The van der Waals surface area contributed by atoms with Gasteiger partial charge in [-0.15, -0.1) is 0 Å². The first kappa shape index (κ1) is 15.6. The Hall–Kier alpha value is -0.800. The highest BCUT2D eigenvalue weighted by atomic mass is 16.3. The standard InChI is InChI=1S/C17H30N2O/c1-4-7-15-8-9-16(20-15)12-18-13-17(14(2)3)19-10-5-6-11-19/h8-9,14,17-18H,4-7,10-13H2,1-3H3. The van der Waals surface area contributed by atoms with Crippen LogP contribution in [0.25, 0.3) is 0 Å². The molecule has 1 fully saturated rings. The lowest BCUT2D eigenvalue weighted by molar-refractivity contribution is 0.185. The molecule has 1 aromatic rings. The third-order valence-corrected chi connectivity index (χ3v) is 4.25. The average molecular weight is 278 g/mol. The number of furan rings is 1. The molecule has 1 aromatic heterocycles. The van der Waals surface area contributed by atoms with E-state index in [-0.39, 0.29) is 0 Å². The Morgan fingerprint density at radius 1 is 1.20 bits per heavy atom. The van der Waals surface area contributed by atoms with Gasteiger partial charge in [0.05, 0.1) is 6.54 Å². The van der Waals surface area contributed by atoms with E-state index in [0.29, 0.717) is 12.0 Å². The summed E-state index contributed by atoms with van der Waals surface area (Å²) in [6, 6.07) is 4.88. The molecule has 3 nitrogen and oxygen atoms in total. The zero-order valence-corrected chi connectivity index (χ0v) is 13.3. The van der Waals surface area contributed by atoms with Gasteiger partial charge in [-0.25, -0.2) is 0 Å². The zero-order valence-electron chi connectivity index (χ0n) is 13.3. The van der Waals surface area contributed by atoms with E-state index in [1.165, 1.54) is 25.9 Å². The van der Waals surface area contributed by atoms with Crippen LogP contribution in [-0.2, 0) is 13.0 Å².